The highest BCUT2D eigenvalue weighted by atomic mass is 16.7. The molecule has 1 fully saturated rings. The average molecular weight is 414 g/mol. The van der Waals surface area contributed by atoms with Crippen LogP contribution in [0.2, 0.25) is 0 Å². The number of rotatable bonds is 16. The average Bonchev–Trinajstić information content (AvgIpc) is 3.06. The minimum Gasteiger partial charge on any atom is -0.469 e. The molecule has 0 aromatic heterocycles. The van der Waals surface area contributed by atoms with Gasteiger partial charge in [-0.2, -0.15) is 0 Å². The van der Waals surface area contributed by atoms with Gasteiger partial charge in [-0.1, -0.05) is 38.5 Å². The van der Waals surface area contributed by atoms with Crippen LogP contribution in [0, 0.1) is 0 Å². The van der Waals surface area contributed by atoms with Crippen molar-refractivity contribution in [3.8, 4) is 0 Å². The van der Waals surface area contributed by atoms with Crippen LogP contribution in [0.4, 0.5) is 0 Å². The van der Waals surface area contributed by atoms with Crippen molar-refractivity contribution in [2.24, 2.45) is 0 Å². The Kier molecular flexibility index (Phi) is 12.8. The summed E-state index contributed by atoms with van der Waals surface area (Å²) in [6.07, 6.45) is 10.2. The third-order valence-electron chi connectivity index (χ3n) is 5.05. The van der Waals surface area contributed by atoms with E-state index in [4.69, 9.17) is 9.47 Å². The van der Waals surface area contributed by atoms with Gasteiger partial charge in [-0.05, 0) is 33.1 Å². The number of ketones is 1. The maximum absolute atomic E-state index is 12.0. The van der Waals surface area contributed by atoms with Crippen LogP contribution in [0.25, 0.3) is 0 Å². The summed E-state index contributed by atoms with van der Waals surface area (Å²) in [5, 5.41) is 2.88. The monoisotopic (exact) mass is 413 g/mol. The van der Waals surface area contributed by atoms with Crippen molar-refractivity contribution < 1.29 is 28.6 Å². The third-order valence-corrected chi connectivity index (χ3v) is 5.05. The van der Waals surface area contributed by atoms with Gasteiger partial charge in [0.25, 0.3) is 0 Å². The van der Waals surface area contributed by atoms with E-state index in [-0.39, 0.29) is 17.7 Å². The molecule has 7 nitrogen and oxygen atoms in total. The Balaban J connectivity index is 1.87. The van der Waals surface area contributed by atoms with Gasteiger partial charge < -0.3 is 19.5 Å². The molecule has 0 bridgehead atoms. The number of hydrogen-bond acceptors (Lipinski definition) is 6. The fraction of sp³-hybridized carbons (Fsp3) is 0.864. The van der Waals surface area contributed by atoms with E-state index in [9.17, 15) is 14.4 Å². The second-order valence-electron chi connectivity index (χ2n) is 8.14. The molecule has 7 heteroatoms. The van der Waals surface area contributed by atoms with Gasteiger partial charge in [0.15, 0.2) is 11.6 Å². The summed E-state index contributed by atoms with van der Waals surface area (Å²) in [5.41, 5.74) is 0. The van der Waals surface area contributed by atoms with Crippen molar-refractivity contribution in [2.45, 2.75) is 103 Å². The van der Waals surface area contributed by atoms with E-state index >= 15 is 0 Å². The van der Waals surface area contributed by atoms with E-state index in [0.717, 1.165) is 38.5 Å². The molecule has 1 aliphatic heterocycles. The molecular weight excluding hydrogens is 374 g/mol. The predicted octanol–water partition coefficient (Wildman–Crippen LogP) is 3.68. The largest absolute Gasteiger partial charge is 0.469 e. The molecule has 1 atom stereocenters. The number of unbranched alkanes of at least 4 members (excludes halogenated alkanes) is 7. The molecule has 0 aromatic rings. The summed E-state index contributed by atoms with van der Waals surface area (Å²) in [5.74, 6) is -0.715. The first-order valence-electron chi connectivity index (χ1n) is 11.0. The number of esters is 1. The third kappa shape index (κ3) is 12.6. The van der Waals surface area contributed by atoms with Crippen LogP contribution in [0.3, 0.4) is 0 Å². The number of ether oxygens (including phenoxy) is 3. The van der Waals surface area contributed by atoms with E-state index in [1.54, 1.807) is 13.8 Å². The fourth-order valence-electron chi connectivity index (χ4n) is 3.30. The van der Waals surface area contributed by atoms with Crippen LogP contribution >= 0.6 is 0 Å². The van der Waals surface area contributed by atoms with E-state index in [1.165, 1.54) is 20.0 Å². The summed E-state index contributed by atoms with van der Waals surface area (Å²) < 4.78 is 15.6. The number of amides is 1. The van der Waals surface area contributed by atoms with E-state index < -0.39 is 11.9 Å². The molecule has 1 rings (SSSR count). The number of methoxy groups -OCH3 is 1. The SMILES string of the molecule is COC(=O)CCCCCCCCCCC(=O)NCCCC(=O)[C@@H]1COC(C)(C)O1. The fourth-order valence-corrected chi connectivity index (χ4v) is 3.30. The van der Waals surface area contributed by atoms with Gasteiger partial charge in [0.1, 0.15) is 6.10 Å². The predicted molar refractivity (Wildman–Crippen MR) is 110 cm³/mol. The minimum atomic E-state index is -0.682. The van der Waals surface area contributed by atoms with Gasteiger partial charge in [-0.3, -0.25) is 14.4 Å². The lowest BCUT2D eigenvalue weighted by molar-refractivity contribution is -0.152. The van der Waals surface area contributed by atoms with E-state index in [1.807, 2.05) is 0 Å². The zero-order valence-electron chi connectivity index (χ0n) is 18.4. The smallest absolute Gasteiger partial charge is 0.305 e. The molecule has 0 saturated carbocycles. The number of Topliss-reactive ketones (excluding diaryl/α,β-unsaturated/α-hetero) is 1. The Morgan fingerprint density at radius 3 is 2.03 bits per heavy atom. The van der Waals surface area contributed by atoms with Crippen LogP contribution in [0.15, 0.2) is 0 Å². The summed E-state index contributed by atoms with van der Waals surface area (Å²) in [7, 11) is 1.42. The molecule has 0 spiro atoms. The number of hydrogen-bond donors (Lipinski definition) is 1. The quantitative estimate of drug-likeness (QED) is 0.307. The first-order valence-corrected chi connectivity index (χ1v) is 11.0. The number of nitrogens with one attached hydrogen (secondary N) is 1. The van der Waals surface area contributed by atoms with Crippen LogP contribution in [0.5, 0.6) is 0 Å². The van der Waals surface area contributed by atoms with Crippen LogP contribution in [-0.4, -0.2) is 49.8 Å². The molecule has 1 saturated heterocycles. The zero-order valence-corrected chi connectivity index (χ0v) is 18.4. The normalized spacial score (nSPS) is 17.8. The molecule has 168 valence electrons. The summed E-state index contributed by atoms with van der Waals surface area (Å²) in [4.78, 5) is 34.9. The van der Waals surface area contributed by atoms with Crippen molar-refractivity contribution in [1.29, 1.82) is 0 Å². The van der Waals surface area contributed by atoms with Crippen molar-refractivity contribution in [3.05, 3.63) is 0 Å². The Bertz CT molecular complexity index is 506. The molecule has 1 amide bonds. The molecule has 1 heterocycles. The van der Waals surface area contributed by atoms with Gasteiger partial charge in [0.2, 0.25) is 5.91 Å². The molecule has 0 aromatic carbocycles. The Labute approximate surface area is 175 Å². The van der Waals surface area contributed by atoms with Crippen molar-refractivity contribution in [3.63, 3.8) is 0 Å². The van der Waals surface area contributed by atoms with Crippen LogP contribution in [0.1, 0.15) is 90.9 Å². The molecule has 29 heavy (non-hydrogen) atoms. The Hall–Kier alpha value is -1.47. The van der Waals surface area contributed by atoms with Gasteiger partial charge in [0.05, 0.1) is 13.7 Å². The molecular formula is C22H39NO6. The lowest BCUT2D eigenvalue weighted by atomic mass is 10.1. The highest BCUT2D eigenvalue weighted by molar-refractivity contribution is 5.83. The second-order valence-corrected chi connectivity index (χ2v) is 8.14. The first kappa shape index (κ1) is 25.6. The molecule has 1 aliphatic rings. The van der Waals surface area contributed by atoms with Crippen molar-refractivity contribution in [1.82, 2.24) is 5.32 Å². The highest BCUT2D eigenvalue weighted by Crippen LogP contribution is 2.23. The van der Waals surface area contributed by atoms with Gasteiger partial charge in [-0.15, -0.1) is 0 Å². The topological polar surface area (TPSA) is 90.9 Å². The molecule has 0 unspecified atom stereocenters. The number of carbonyl (C=O) groups excluding carboxylic acids is 3. The Morgan fingerprint density at radius 1 is 0.897 bits per heavy atom. The lowest BCUT2D eigenvalue weighted by Crippen LogP contribution is -2.28. The van der Waals surface area contributed by atoms with Crippen molar-refractivity contribution >= 4 is 17.7 Å². The standard InChI is InChI=1S/C22H39NO6/c1-22(2)28-17-19(29-22)18(24)13-12-16-23-20(25)14-10-8-6-4-5-7-9-11-15-21(26)27-3/h19H,4-17H2,1-3H3,(H,23,25)/t19-/m0/s1. The van der Waals surface area contributed by atoms with Gasteiger partial charge in [0, 0.05) is 25.8 Å². The maximum atomic E-state index is 12.0. The highest BCUT2D eigenvalue weighted by Gasteiger charge is 2.36. The first-order chi connectivity index (χ1) is 13.8. The summed E-state index contributed by atoms with van der Waals surface area (Å²) >= 11 is 0. The Morgan fingerprint density at radius 2 is 1.48 bits per heavy atom. The minimum absolute atomic E-state index is 0.0371. The van der Waals surface area contributed by atoms with Crippen LogP contribution in [-0.2, 0) is 28.6 Å². The van der Waals surface area contributed by atoms with E-state index in [2.05, 4.69) is 10.1 Å². The number of carbonyl (C=O) groups is 3. The van der Waals surface area contributed by atoms with E-state index in [0.29, 0.717) is 38.8 Å². The summed E-state index contributed by atoms with van der Waals surface area (Å²) in [6.45, 7) is 4.43. The van der Waals surface area contributed by atoms with Crippen molar-refractivity contribution in [2.75, 3.05) is 20.3 Å². The lowest BCUT2D eigenvalue weighted by Gasteiger charge is -2.16. The molecule has 0 aliphatic carbocycles. The molecule has 1 N–H and O–H groups in total. The zero-order chi connectivity index (χ0) is 21.5. The summed E-state index contributed by atoms with van der Waals surface area (Å²) in [6, 6.07) is 0. The maximum Gasteiger partial charge on any atom is 0.305 e. The molecule has 0 radical (unpaired) electrons. The van der Waals surface area contributed by atoms with Gasteiger partial charge in [-0.25, -0.2) is 0 Å². The van der Waals surface area contributed by atoms with Gasteiger partial charge >= 0.3 is 5.97 Å². The second kappa shape index (κ2) is 14.5. The van der Waals surface area contributed by atoms with Crippen LogP contribution < -0.4 is 5.32 Å².